The normalized spacial score (nSPS) is 23.4. The largest absolute Gasteiger partial charge is 0.460 e. The molecular formula is C15H20BrNO2. The molecule has 0 amide bonds. The van der Waals surface area contributed by atoms with Crippen molar-refractivity contribution in [3.05, 3.63) is 34.3 Å². The summed E-state index contributed by atoms with van der Waals surface area (Å²) in [6, 6.07) is 8.07. The standard InChI is InChI=1S/C15H20BrNO2/c1-15(2,3)19-14(18)12-9-17-8-11(12)10-6-4-5-7-13(10)16/h4-7,11-12,17H,8-9H2,1-3H3. The molecule has 2 unspecified atom stereocenters. The Kier molecular flexibility index (Phi) is 4.31. The molecule has 1 aliphatic heterocycles. The van der Waals surface area contributed by atoms with Gasteiger partial charge in [-0.1, -0.05) is 34.1 Å². The predicted molar refractivity (Wildman–Crippen MR) is 79.1 cm³/mol. The van der Waals surface area contributed by atoms with Gasteiger partial charge < -0.3 is 10.1 Å². The van der Waals surface area contributed by atoms with Gasteiger partial charge in [-0.3, -0.25) is 4.79 Å². The van der Waals surface area contributed by atoms with Crippen molar-refractivity contribution in [2.24, 2.45) is 5.92 Å². The molecule has 0 spiro atoms. The third-order valence-corrected chi connectivity index (χ3v) is 3.95. The average Bonchev–Trinajstić information content (AvgIpc) is 2.76. The number of hydrogen-bond acceptors (Lipinski definition) is 3. The number of carbonyl (C=O) groups is 1. The molecule has 0 aliphatic carbocycles. The first-order chi connectivity index (χ1) is 8.88. The highest BCUT2D eigenvalue weighted by Crippen LogP contribution is 2.34. The molecule has 19 heavy (non-hydrogen) atoms. The van der Waals surface area contributed by atoms with Crippen LogP contribution in [0.4, 0.5) is 0 Å². The van der Waals surface area contributed by atoms with Crippen LogP contribution in [0.1, 0.15) is 32.3 Å². The van der Waals surface area contributed by atoms with Crippen LogP contribution in [-0.4, -0.2) is 24.7 Å². The zero-order valence-corrected chi connectivity index (χ0v) is 13.2. The van der Waals surface area contributed by atoms with Gasteiger partial charge in [0.15, 0.2) is 0 Å². The molecular weight excluding hydrogens is 306 g/mol. The number of esters is 1. The molecule has 2 atom stereocenters. The van der Waals surface area contributed by atoms with Crippen LogP contribution in [0.15, 0.2) is 28.7 Å². The minimum Gasteiger partial charge on any atom is -0.460 e. The van der Waals surface area contributed by atoms with Crippen LogP contribution in [0, 0.1) is 5.92 Å². The summed E-state index contributed by atoms with van der Waals surface area (Å²) in [6.07, 6.45) is 0. The highest BCUT2D eigenvalue weighted by molar-refractivity contribution is 9.10. The molecule has 1 aromatic carbocycles. The van der Waals surface area contributed by atoms with E-state index < -0.39 is 5.60 Å². The van der Waals surface area contributed by atoms with Crippen molar-refractivity contribution in [3.8, 4) is 0 Å². The highest BCUT2D eigenvalue weighted by atomic mass is 79.9. The Morgan fingerprint density at radius 2 is 2.00 bits per heavy atom. The van der Waals surface area contributed by atoms with Crippen LogP contribution < -0.4 is 5.32 Å². The summed E-state index contributed by atoms with van der Waals surface area (Å²) in [6.45, 7) is 7.20. The average molecular weight is 326 g/mol. The Bertz CT molecular complexity index is 467. The number of nitrogens with one attached hydrogen (secondary N) is 1. The van der Waals surface area contributed by atoms with E-state index in [-0.39, 0.29) is 17.8 Å². The third-order valence-electron chi connectivity index (χ3n) is 3.23. The zero-order valence-electron chi connectivity index (χ0n) is 11.6. The maximum Gasteiger partial charge on any atom is 0.311 e. The fraction of sp³-hybridized carbons (Fsp3) is 0.533. The van der Waals surface area contributed by atoms with Gasteiger partial charge in [-0.15, -0.1) is 0 Å². The smallest absolute Gasteiger partial charge is 0.311 e. The Hall–Kier alpha value is -0.870. The van der Waals surface area contributed by atoms with E-state index in [1.807, 2.05) is 39.0 Å². The van der Waals surface area contributed by atoms with E-state index in [9.17, 15) is 4.79 Å². The number of carbonyl (C=O) groups excluding carboxylic acids is 1. The summed E-state index contributed by atoms with van der Waals surface area (Å²) in [5, 5.41) is 3.29. The van der Waals surface area contributed by atoms with E-state index in [1.165, 1.54) is 5.56 Å². The van der Waals surface area contributed by atoms with Crippen LogP contribution in [0.2, 0.25) is 0 Å². The SMILES string of the molecule is CC(C)(C)OC(=O)C1CNCC1c1ccccc1Br. The van der Waals surface area contributed by atoms with Crippen molar-refractivity contribution in [2.75, 3.05) is 13.1 Å². The second-order valence-electron chi connectivity index (χ2n) is 5.93. The molecule has 0 bridgehead atoms. The lowest BCUT2D eigenvalue weighted by molar-refractivity contribution is -0.159. The molecule has 104 valence electrons. The van der Waals surface area contributed by atoms with Crippen molar-refractivity contribution >= 4 is 21.9 Å². The number of rotatable bonds is 2. The van der Waals surface area contributed by atoms with Gasteiger partial charge in [0.1, 0.15) is 5.60 Å². The molecule has 0 saturated carbocycles. The Balaban J connectivity index is 2.18. The number of hydrogen-bond donors (Lipinski definition) is 1. The molecule has 1 N–H and O–H groups in total. The first-order valence-corrected chi connectivity index (χ1v) is 7.36. The summed E-state index contributed by atoms with van der Waals surface area (Å²) in [7, 11) is 0. The first kappa shape index (κ1) is 14.5. The van der Waals surface area contributed by atoms with Gasteiger partial charge in [-0.05, 0) is 32.4 Å². The molecule has 0 aromatic heterocycles. The van der Waals surface area contributed by atoms with Crippen molar-refractivity contribution in [1.82, 2.24) is 5.32 Å². The summed E-state index contributed by atoms with van der Waals surface area (Å²) in [5.41, 5.74) is 0.737. The molecule has 0 radical (unpaired) electrons. The van der Waals surface area contributed by atoms with E-state index in [2.05, 4.69) is 27.3 Å². The van der Waals surface area contributed by atoms with Gasteiger partial charge in [0, 0.05) is 23.5 Å². The molecule has 1 heterocycles. The topological polar surface area (TPSA) is 38.3 Å². The van der Waals surface area contributed by atoms with Crippen molar-refractivity contribution in [1.29, 1.82) is 0 Å². The predicted octanol–water partition coefficient (Wildman–Crippen LogP) is 3.09. The van der Waals surface area contributed by atoms with Gasteiger partial charge >= 0.3 is 5.97 Å². The highest BCUT2D eigenvalue weighted by Gasteiger charge is 2.37. The van der Waals surface area contributed by atoms with E-state index in [0.717, 1.165) is 11.0 Å². The Labute approximate surface area is 122 Å². The summed E-state index contributed by atoms with van der Waals surface area (Å²) in [4.78, 5) is 12.3. The summed E-state index contributed by atoms with van der Waals surface area (Å²) < 4.78 is 6.57. The number of halogens is 1. The maximum atomic E-state index is 12.3. The van der Waals surface area contributed by atoms with Gasteiger partial charge in [-0.25, -0.2) is 0 Å². The lowest BCUT2D eigenvalue weighted by Gasteiger charge is -2.25. The fourth-order valence-corrected chi connectivity index (χ4v) is 2.99. The van der Waals surface area contributed by atoms with Crippen LogP contribution >= 0.6 is 15.9 Å². The van der Waals surface area contributed by atoms with E-state index in [1.54, 1.807) is 0 Å². The lowest BCUT2D eigenvalue weighted by atomic mass is 9.89. The lowest BCUT2D eigenvalue weighted by Crippen LogP contribution is -2.31. The first-order valence-electron chi connectivity index (χ1n) is 6.56. The second-order valence-corrected chi connectivity index (χ2v) is 6.78. The van der Waals surface area contributed by atoms with Gasteiger partial charge in [0.2, 0.25) is 0 Å². The summed E-state index contributed by atoms with van der Waals surface area (Å²) in [5.74, 6) is -0.0541. The molecule has 3 nitrogen and oxygen atoms in total. The fourth-order valence-electron chi connectivity index (χ4n) is 2.41. The third kappa shape index (κ3) is 3.57. The van der Waals surface area contributed by atoms with E-state index >= 15 is 0 Å². The van der Waals surface area contributed by atoms with Crippen LogP contribution in [0.5, 0.6) is 0 Å². The van der Waals surface area contributed by atoms with Gasteiger partial charge in [0.05, 0.1) is 5.92 Å². The minimum atomic E-state index is -0.432. The van der Waals surface area contributed by atoms with Crippen LogP contribution in [0.3, 0.4) is 0 Å². The van der Waals surface area contributed by atoms with E-state index in [0.29, 0.717) is 6.54 Å². The van der Waals surface area contributed by atoms with Crippen LogP contribution in [-0.2, 0) is 9.53 Å². The second kappa shape index (κ2) is 5.63. The molecule has 4 heteroatoms. The molecule has 1 fully saturated rings. The quantitative estimate of drug-likeness (QED) is 0.849. The molecule has 2 rings (SSSR count). The summed E-state index contributed by atoms with van der Waals surface area (Å²) >= 11 is 3.56. The van der Waals surface area contributed by atoms with E-state index in [4.69, 9.17) is 4.74 Å². The zero-order chi connectivity index (χ0) is 14.0. The molecule has 1 aromatic rings. The molecule has 1 aliphatic rings. The van der Waals surface area contributed by atoms with Crippen molar-refractivity contribution in [2.45, 2.75) is 32.3 Å². The Morgan fingerprint density at radius 3 is 2.63 bits per heavy atom. The van der Waals surface area contributed by atoms with Gasteiger partial charge in [-0.2, -0.15) is 0 Å². The van der Waals surface area contributed by atoms with Crippen molar-refractivity contribution in [3.63, 3.8) is 0 Å². The Morgan fingerprint density at radius 1 is 1.32 bits per heavy atom. The monoisotopic (exact) mass is 325 g/mol. The van der Waals surface area contributed by atoms with Gasteiger partial charge in [0.25, 0.3) is 0 Å². The molecule has 1 saturated heterocycles. The number of ether oxygens (including phenoxy) is 1. The minimum absolute atomic E-state index is 0.113. The van der Waals surface area contributed by atoms with Crippen LogP contribution in [0.25, 0.3) is 0 Å². The van der Waals surface area contributed by atoms with Crippen molar-refractivity contribution < 1.29 is 9.53 Å². The maximum absolute atomic E-state index is 12.3. The number of benzene rings is 1.